The van der Waals surface area contributed by atoms with Crippen LogP contribution in [0.15, 0.2) is 6.20 Å². The minimum Gasteiger partial charge on any atom is -0.481 e. The maximum atomic E-state index is 11.8. The number of nitrogens with one attached hydrogen (secondary N) is 1. The molecule has 1 aromatic heterocycles. The van der Waals surface area contributed by atoms with Crippen molar-refractivity contribution in [3.05, 3.63) is 11.9 Å². The molecule has 0 aromatic carbocycles. The smallest absolute Gasteiger partial charge is 0.309 e. The third kappa shape index (κ3) is 4.35. The normalized spacial score (nSPS) is 16.2. The van der Waals surface area contributed by atoms with Gasteiger partial charge in [-0.25, -0.2) is 4.68 Å². The Labute approximate surface area is 111 Å². The van der Waals surface area contributed by atoms with Crippen LogP contribution in [0.1, 0.15) is 37.8 Å². The van der Waals surface area contributed by atoms with Crippen molar-refractivity contribution in [2.75, 3.05) is 0 Å². The van der Waals surface area contributed by atoms with Crippen LogP contribution >= 0.6 is 0 Å². The van der Waals surface area contributed by atoms with E-state index < -0.39 is 5.97 Å². The molecule has 2 N–H and O–H groups in total. The van der Waals surface area contributed by atoms with E-state index in [0.717, 1.165) is 25.7 Å². The monoisotopic (exact) mass is 266 g/mol. The molecule has 19 heavy (non-hydrogen) atoms. The van der Waals surface area contributed by atoms with Gasteiger partial charge in [-0.15, -0.1) is 5.10 Å². The van der Waals surface area contributed by atoms with E-state index in [-0.39, 0.29) is 24.9 Å². The third-order valence-corrected chi connectivity index (χ3v) is 3.19. The van der Waals surface area contributed by atoms with E-state index in [4.69, 9.17) is 5.11 Å². The second-order valence-electron chi connectivity index (χ2n) is 4.88. The Morgan fingerprint density at radius 1 is 1.37 bits per heavy atom. The van der Waals surface area contributed by atoms with Crippen LogP contribution in [0.5, 0.6) is 0 Å². The number of hydrogen-bond acceptors (Lipinski definition) is 4. The van der Waals surface area contributed by atoms with Crippen LogP contribution in [0.3, 0.4) is 0 Å². The van der Waals surface area contributed by atoms with Crippen molar-refractivity contribution in [2.45, 2.75) is 51.1 Å². The molecule has 0 bridgehead atoms. The van der Waals surface area contributed by atoms with Crippen LogP contribution in [-0.4, -0.2) is 38.0 Å². The molecule has 1 aromatic rings. The lowest BCUT2D eigenvalue weighted by Gasteiger charge is -2.22. The zero-order chi connectivity index (χ0) is 13.7. The Kier molecular flexibility index (Phi) is 4.48. The van der Waals surface area contributed by atoms with Gasteiger partial charge in [-0.1, -0.05) is 24.5 Å². The molecular weight excluding hydrogens is 248 g/mol. The van der Waals surface area contributed by atoms with Gasteiger partial charge in [0.2, 0.25) is 5.91 Å². The lowest BCUT2D eigenvalue weighted by molar-refractivity contribution is -0.136. The Bertz CT molecular complexity index is 452. The zero-order valence-corrected chi connectivity index (χ0v) is 10.7. The predicted molar refractivity (Wildman–Crippen MR) is 66.4 cm³/mol. The van der Waals surface area contributed by atoms with Gasteiger partial charge in [0.1, 0.15) is 6.54 Å². The maximum Gasteiger partial charge on any atom is 0.309 e. The van der Waals surface area contributed by atoms with Crippen molar-refractivity contribution < 1.29 is 14.7 Å². The first-order valence-corrected chi connectivity index (χ1v) is 6.53. The van der Waals surface area contributed by atoms with Crippen molar-refractivity contribution in [3.63, 3.8) is 0 Å². The fourth-order valence-corrected chi connectivity index (χ4v) is 2.32. The van der Waals surface area contributed by atoms with Crippen molar-refractivity contribution >= 4 is 11.9 Å². The van der Waals surface area contributed by atoms with Crippen molar-refractivity contribution in [1.29, 1.82) is 0 Å². The largest absolute Gasteiger partial charge is 0.481 e. The molecule has 7 heteroatoms. The molecular formula is C12H18N4O3. The Hall–Kier alpha value is -1.92. The summed E-state index contributed by atoms with van der Waals surface area (Å²) in [7, 11) is 0. The fraction of sp³-hybridized carbons (Fsp3) is 0.667. The summed E-state index contributed by atoms with van der Waals surface area (Å²) >= 11 is 0. The van der Waals surface area contributed by atoms with Gasteiger partial charge in [0.15, 0.2) is 0 Å². The average Bonchev–Trinajstić information content (AvgIpc) is 2.76. The number of carboxylic acid groups (broad SMARTS) is 1. The zero-order valence-electron chi connectivity index (χ0n) is 10.7. The van der Waals surface area contributed by atoms with Crippen LogP contribution in [-0.2, 0) is 22.6 Å². The number of carbonyl (C=O) groups is 2. The summed E-state index contributed by atoms with van der Waals surface area (Å²) in [4.78, 5) is 22.3. The number of aromatic nitrogens is 3. The molecule has 0 radical (unpaired) electrons. The van der Waals surface area contributed by atoms with Crippen molar-refractivity contribution in [2.24, 2.45) is 0 Å². The molecule has 104 valence electrons. The molecule has 7 nitrogen and oxygen atoms in total. The summed E-state index contributed by atoms with van der Waals surface area (Å²) in [6, 6.07) is 0.267. The molecule has 0 saturated heterocycles. The summed E-state index contributed by atoms with van der Waals surface area (Å²) in [6.45, 7) is 0.0864. The summed E-state index contributed by atoms with van der Waals surface area (Å²) in [5, 5.41) is 19.0. The number of carbonyl (C=O) groups excluding carboxylic acids is 1. The molecule has 1 fully saturated rings. The highest BCUT2D eigenvalue weighted by Gasteiger charge is 2.16. The van der Waals surface area contributed by atoms with Crippen LogP contribution < -0.4 is 5.32 Å². The number of nitrogens with zero attached hydrogens (tertiary/aromatic N) is 3. The van der Waals surface area contributed by atoms with Gasteiger partial charge in [0, 0.05) is 12.2 Å². The van der Waals surface area contributed by atoms with Gasteiger partial charge < -0.3 is 10.4 Å². The minimum absolute atomic E-state index is 0.0864. The molecule has 0 atom stereocenters. The lowest BCUT2D eigenvalue weighted by atomic mass is 9.95. The molecule has 0 spiro atoms. The Morgan fingerprint density at radius 3 is 2.79 bits per heavy atom. The van der Waals surface area contributed by atoms with E-state index in [1.807, 2.05) is 0 Å². The predicted octanol–water partition coefficient (Wildman–Crippen LogP) is 0.354. The first-order chi connectivity index (χ1) is 9.13. The molecule has 1 heterocycles. The number of rotatable bonds is 5. The van der Waals surface area contributed by atoms with Gasteiger partial charge in [0.25, 0.3) is 0 Å². The van der Waals surface area contributed by atoms with Gasteiger partial charge in [-0.2, -0.15) is 0 Å². The third-order valence-electron chi connectivity index (χ3n) is 3.19. The number of carboxylic acids is 1. The molecule has 1 aliphatic rings. The molecule has 1 saturated carbocycles. The van der Waals surface area contributed by atoms with Crippen LogP contribution in [0.2, 0.25) is 0 Å². The molecule has 0 aliphatic heterocycles. The number of amides is 1. The minimum atomic E-state index is -0.960. The molecule has 0 unspecified atom stereocenters. The van der Waals surface area contributed by atoms with Gasteiger partial charge in [-0.05, 0) is 12.8 Å². The van der Waals surface area contributed by atoms with E-state index in [1.165, 1.54) is 17.3 Å². The highest BCUT2D eigenvalue weighted by Crippen LogP contribution is 2.17. The van der Waals surface area contributed by atoms with Gasteiger partial charge in [-0.3, -0.25) is 9.59 Å². The second-order valence-corrected chi connectivity index (χ2v) is 4.88. The maximum absolute atomic E-state index is 11.8. The van der Waals surface area contributed by atoms with Crippen molar-refractivity contribution in [1.82, 2.24) is 20.3 Å². The van der Waals surface area contributed by atoms with Gasteiger partial charge in [0.05, 0.1) is 12.1 Å². The number of hydrogen-bond donors (Lipinski definition) is 2. The standard InChI is InChI=1S/C12H18N4O3/c17-11(13-9-4-2-1-3-5-9)8-16-7-10(14-15-16)6-12(18)19/h7,9H,1-6,8H2,(H,13,17)(H,18,19). The quantitative estimate of drug-likeness (QED) is 0.801. The highest BCUT2D eigenvalue weighted by molar-refractivity contribution is 5.76. The topological polar surface area (TPSA) is 97.1 Å². The van der Waals surface area contributed by atoms with Crippen LogP contribution in [0, 0.1) is 0 Å². The fourth-order valence-electron chi connectivity index (χ4n) is 2.32. The molecule has 1 amide bonds. The molecule has 2 rings (SSSR count). The summed E-state index contributed by atoms with van der Waals surface area (Å²) in [6.07, 6.45) is 6.96. The van der Waals surface area contributed by atoms with Crippen molar-refractivity contribution in [3.8, 4) is 0 Å². The lowest BCUT2D eigenvalue weighted by Crippen LogP contribution is -2.38. The summed E-state index contributed by atoms with van der Waals surface area (Å²) in [5.74, 6) is -1.06. The Morgan fingerprint density at radius 2 is 2.11 bits per heavy atom. The Balaban J connectivity index is 1.81. The first-order valence-electron chi connectivity index (χ1n) is 6.53. The van der Waals surface area contributed by atoms with E-state index >= 15 is 0 Å². The van der Waals surface area contributed by atoms with E-state index in [9.17, 15) is 9.59 Å². The van der Waals surface area contributed by atoms with Crippen LogP contribution in [0.25, 0.3) is 0 Å². The summed E-state index contributed by atoms with van der Waals surface area (Å²) < 4.78 is 1.37. The highest BCUT2D eigenvalue weighted by atomic mass is 16.4. The number of aliphatic carboxylic acids is 1. The first kappa shape index (κ1) is 13.5. The second kappa shape index (κ2) is 6.31. The van der Waals surface area contributed by atoms with E-state index in [1.54, 1.807) is 0 Å². The summed E-state index contributed by atoms with van der Waals surface area (Å²) in [5.41, 5.74) is 0.359. The van der Waals surface area contributed by atoms with E-state index in [2.05, 4.69) is 15.6 Å². The average molecular weight is 266 g/mol. The van der Waals surface area contributed by atoms with Gasteiger partial charge >= 0.3 is 5.97 Å². The molecule has 1 aliphatic carbocycles. The SMILES string of the molecule is O=C(O)Cc1cn(CC(=O)NC2CCCCC2)nn1. The van der Waals surface area contributed by atoms with Crippen LogP contribution in [0.4, 0.5) is 0 Å². The van der Waals surface area contributed by atoms with E-state index in [0.29, 0.717) is 5.69 Å².